The van der Waals surface area contributed by atoms with Crippen molar-refractivity contribution < 1.29 is 20.1 Å². The monoisotopic (exact) mass is 582 g/mol. The van der Waals surface area contributed by atoms with Crippen LogP contribution in [0, 0.1) is 0 Å². The van der Waals surface area contributed by atoms with Crippen molar-refractivity contribution in [3.05, 3.63) is 12.2 Å². The fraction of sp³-hybridized carbons (Fsp3) is 0.917. The first kappa shape index (κ1) is 40.1. The van der Waals surface area contributed by atoms with Crippen LogP contribution >= 0.6 is 0 Å². The van der Waals surface area contributed by atoms with Crippen molar-refractivity contribution >= 4 is 5.91 Å². The highest BCUT2D eigenvalue weighted by Gasteiger charge is 2.26. The van der Waals surface area contributed by atoms with Crippen molar-refractivity contribution in [2.45, 2.75) is 205 Å². The number of hydrogen-bond acceptors (Lipinski definition) is 4. The summed E-state index contributed by atoms with van der Waals surface area (Å²) in [6, 6.07) is -0.818. The van der Waals surface area contributed by atoms with Gasteiger partial charge in [0.05, 0.1) is 18.8 Å². The Hall–Kier alpha value is -0.910. The number of rotatable bonds is 32. The molecular formula is C36H71NO4. The molecule has 0 aliphatic heterocycles. The highest BCUT2D eigenvalue weighted by Crippen LogP contribution is 2.15. The van der Waals surface area contributed by atoms with E-state index in [2.05, 4.69) is 31.3 Å². The van der Waals surface area contributed by atoms with E-state index in [1.807, 2.05) is 0 Å². The molecule has 0 aliphatic rings. The first-order valence-electron chi connectivity index (χ1n) is 18.0. The topological polar surface area (TPSA) is 89.8 Å². The zero-order valence-electron chi connectivity index (χ0n) is 27.4. The Labute approximate surface area is 255 Å². The fourth-order valence-electron chi connectivity index (χ4n) is 5.51. The number of allylic oxidation sites excluding steroid dienone is 2. The first-order chi connectivity index (χ1) is 20.1. The molecule has 5 heteroatoms. The second kappa shape index (κ2) is 32.0. The molecule has 3 atom stereocenters. The van der Waals surface area contributed by atoms with Gasteiger partial charge < -0.3 is 20.6 Å². The largest absolute Gasteiger partial charge is 0.394 e. The molecule has 0 aromatic heterocycles. The quantitative estimate of drug-likeness (QED) is 0.0471. The van der Waals surface area contributed by atoms with Gasteiger partial charge in [0, 0.05) is 6.42 Å². The van der Waals surface area contributed by atoms with Gasteiger partial charge in [0.25, 0.3) is 0 Å². The number of amides is 1. The average Bonchev–Trinajstić information content (AvgIpc) is 2.97. The van der Waals surface area contributed by atoms with Crippen LogP contribution in [0.25, 0.3) is 0 Å². The molecule has 0 spiro atoms. The minimum absolute atomic E-state index is 0.154. The first-order valence-corrected chi connectivity index (χ1v) is 18.0. The number of unbranched alkanes of at least 4 members (excludes halogenated alkanes) is 22. The third kappa shape index (κ3) is 27.7. The fourth-order valence-corrected chi connectivity index (χ4v) is 5.51. The summed E-state index contributed by atoms with van der Waals surface area (Å²) in [6.45, 7) is 4.14. The second-order valence-electron chi connectivity index (χ2n) is 12.4. The molecule has 5 nitrogen and oxygen atoms in total. The molecule has 0 saturated carbocycles. The molecule has 0 saturated heterocycles. The molecule has 0 rings (SSSR count). The standard InChI is InChI=1S/C36H71NO4/c1-3-5-7-9-11-13-15-17-18-19-21-23-25-27-29-31-35(40)37-33(32-38)36(41)34(39)30-28-26-24-22-20-16-14-12-10-8-6-4-2/h22,24,33-34,36,38-39,41H,3-21,23,25-32H2,1-2H3,(H,37,40). The lowest BCUT2D eigenvalue weighted by Gasteiger charge is -2.26. The van der Waals surface area contributed by atoms with Gasteiger partial charge in [-0.15, -0.1) is 0 Å². The Morgan fingerprint density at radius 1 is 0.585 bits per heavy atom. The van der Waals surface area contributed by atoms with Crippen LogP contribution in [0.15, 0.2) is 12.2 Å². The molecule has 41 heavy (non-hydrogen) atoms. The van der Waals surface area contributed by atoms with Gasteiger partial charge in [-0.25, -0.2) is 0 Å². The Morgan fingerprint density at radius 2 is 0.976 bits per heavy atom. The molecule has 0 radical (unpaired) electrons. The van der Waals surface area contributed by atoms with E-state index in [1.165, 1.54) is 122 Å². The summed E-state index contributed by atoms with van der Waals surface area (Å²) in [6.07, 6.45) is 34.4. The minimum Gasteiger partial charge on any atom is -0.394 e. The van der Waals surface area contributed by atoms with Crippen molar-refractivity contribution in [2.24, 2.45) is 0 Å². The SMILES string of the molecule is CCCCCCCCCC=CCCCC(O)C(O)C(CO)NC(=O)CCCCCCCCCCCCCCCCC. The van der Waals surface area contributed by atoms with E-state index in [0.29, 0.717) is 12.8 Å². The second-order valence-corrected chi connectivity index (χ2v) is 12.4. The van der Waals surface area contributed by atoms with E-state index >= 15 is 0 Å². The van der Waals surface area contributed by atoms with Crippen LogP contribution in [-0.4, -0.2) is 46.1 Å². The van der Waals surface area contributed by atoms with Gasteiger partial charge in [0.15, 0.2) is 0 Å². The van der Waals surface area contributed by atoms with E-state index in [1.54, 1.807) is 0 Å². The van der Waals surface area contributed by atoms with Crippen molar-refractivity contribution in [1.82, 2.24) is 5.32 Å². The van der Waals surface area contributed by atoms with Gasteiger partial charge in [-0.1, -0.05) is 154 Å². The molecule has 244 valence electrons. The lowest BCUT2D eigenvalue weighted by Crippen LogP contribution is -2.50. The molecular weight excluding hydrogens is 510 g/mol. The smallest absolute Gasteiger partial charge is 0.220 e. The lowest BCUT2D eigenvalue weighted by molar-refractivity contribution is -0.124. The van der Waals surface area contributed by atoms with Crippen LogP contribution in [0.5, 0.6) is 0 Å². The van der Waals surface area contributed by atoms with E-state index in [0.717, 1.165) is 38.5 Å². The summed E-state index contributed by atoms with van der Waals surface area (Å²) in [5.74, 6) is -0.154. The summed E-state index contributed by atoms with van der Waals surface area (Å²) < 4.78 is 0. The van der Waals surface area contributed by atoms with Crippen molar-refractivity contribution in [3.8, 4) is 0 Å². The molecule has 0 aromatic carbocycles. The number of nitrogens with one attached hydrogen (secondary N) is 1. The number of carbonyl (C=O) groups is 1. The Morgan fingerprint density at radius 3 is 1.41 bits per heavy atom. The Bertz CT molecular complexity index is 568. The van der Waals surface area contributed by atoms with E-state index < -0.39 is 18.2 Å². The Kier molecular flexibility index (Phi) is 31.3. The molecule has 4 N–H and O–H groups in total. The zero-order chi connectivity index (χ0) is 30.2. The van der Waals surface area contributed by atoms with Gasteiger partial charge in [-0.05, 0) is 38.5 Å². The third-order valence-electron chi connectivity index (χ3n) is 8.37. The molecule has 0 fully saturated rings. The summed E-state index contributed by atoms with van der Waals surface area (Å²) in [7, 11) is 0. The predicted molar refractivity (Wildman–Crippen MR) is 176 cm³/mol. The highest BCUT2D eigenvalue weighted by molar-refractivity contribution is 5.76. The highest BCUT2D eigenvalue weighted by atomic mass is 16.3. The van der Waals surface area contributed by atoms with E-state index in [4.69, 9.17) is 0 Å². The van der Waals surface area contributed by atoms with Crippen molar-refractivity contribution in [1.29, 1.82) is 0 Å². The summed E-state index contributed by atoms with van der Waals surface area (Å²) in [5, 5.41) is 33.2. The normalized spacial score (nSPS) is 14.0. The van der Waals surface area contributed by atoms with Crippen LogP contribution in [0.4, 0.5) is 0 Å². The van der Waals surface area contributed by atoms with Gasteiger partial charge in [0.1, 0.15) is 6.10 Å². The van der Waals surface area contributed by atoms with E-state index in [9.17, 15) is 20.1 Å². The number of carbonyl (C=O) groups excluding carboxylic acids is 1. The summed E-state index contributed by atoms with van der Waals surface area (Å²) >= 11 is 0. The zero-order valence-corrected chi connectivity index (χ0v) is 27.4. The number of aliphatic hydroxyl groups is 3. The minimum atomic E-state index is -1.15. The lowest BCUT2D eigenvalue weighted by atomic mass is 10.0. The maximum absolute atomic E-state index is 12.3. The van der Waals surface area contributed by atoms with Crippen LogP contribution in [0.3, 0.4) is 0 Å². The number of aliphatic hydroxyl groups excluding tert-OH is 3. The van der Waals surface area contributed by atoms with Crippen LogP contribution in [0.1, 0.15) is 187 Å². The van der Waals surface area contributed by atoms with Crippen molar-refractivity contribution in [3.63, 3.8) is 0 Å². The molecule has 3 unspecified atom stereocenters. The molecule has 0 aliphatic carbocycles. The van der Waals surface area contributed by atoms with Gasteiger partial charge >= 0.3 is 0 Å². The molecule has 0 aromatic rings. The van der Waals surface area contributed by atoms with Gasteiger partial charge in [-0.3, -0.25) is 4.79 Å². The average molecular weight is 582 g/mol. The molecule has 0 bridgehead atoms. The maximum Gasteiger partial charge on any atom is 0.220 e. The van der Waals surface area contributed by atoms with Gasteiger partial charge in [-0.2, -0.15) is 0 Å². The van der Waals surface area contributed by atoms with Crippen LogP contribution in [-0.2, 0) is 4.79 Å². The van der Waals surface area contributed by atoms with Gasteiger partial charge in [0.2, 0.25) is 5.91 Å². The molecule has 1 amide bonds. The maximum atomic E-state index is 12.3. The number of hydrogen-bond donors (Lipinski definition) is 4. The van der Waals surface area contributed by atoms with Crippen molar-refractivity contribution in [2.75, 3.05) is 6.61 Å². The van der Waals surface area contributed by atoms with Crippen LogP contribution in [0.2, 0.25) is 0 Å². The van der Waals surface area contributed by atoms with E-state index in [-0.39, 0.29) is 12.5 Å². The summed E-state index contributed by atoms with van der Waals surface area (Å²) in [5.41, 5.74) is 0. The molecule has 0 heterocycles. The van der Waals surface area contributed by atoms with Crippen LogP contribution < -0.4 is 5.32 Å². The summed E-state index contributed by atoms with van der Waals surface area (Å²) in [4.78, 5) is 12.3. The third-order valence-corrected chi connectivity index (χ3v) is 8.37. The Balaban J connectivity index is 3.72. The predicted octanol–water partition coefficient (Wildman–Crippen LogP) is 9.31.